The standard InChI is InChI=1S/C10H15N3O4/c1-3-12-4-5-13(9(16)8(12)15)10(17)11-7(2)6-14/h6-7H,3-5H2,1-2H3,(H,11,17)/t7-/m0/s1. The maximum Gasteiger partial charge on any atom is 0.325 e. The molecule has 0 aliphatic carbocycles. The minimum Gasteiger partial charge on any atom is -0.333 e. The van der Waals surface area contributed by atoms with Crippen molar-refractivity contribution in [1.29, 1.82) is 0 Å². The summed E-state index contributed by atoms with van der Waals surface area (Å²) in [5.41, 5.74) is 0. The molecule has 0 aromatic rings. The van der Waals surface area contributed by atoms with Crippen LogP contribution in [-0.4, -0.2) is 59.6 Å². The molecule has 1 rings (SSSR count). The van der Waals surface area contributed by atoms with E-state index in [2.05, 4.69) is 5.32 Å². The zero-order valence-corrected chi connectivity index (χ0v) is 9.80. The van der Waals surface area contributed by atoms with Gasteiger partial charge < -0.3 is 15.0 Å². The van der Waals surface area contributed by atoms with Gasteiger partial charge >= 0.3 is 17.8 Å². The van der Waals surface area contributed by atoms with Gasteiger partial charge in [0, 0.05) is 19.6 Å². The summed E-state index contributed by atoms with van der Waals surface area (Å²) in [7, 11) is 0. The van der Waals surface area contributed by atoms with Gasteiger partial charge in [-0.2, -0.15) is 0 Å². The maximum absolute atomic E-state index is 11.6. The quantitative estimate of drug-likeness (QED) is 0.506. The van der Waals surface area contributed by atoms with Crippen LogP contribution in [0, 0.1) is 0 Å². The monoisotopic (exact) mass is 241 g/mol. The van der Waals surface area contributed by atoms with Crippen molar-refractivity contribution in [3.8, 4) is 0 Å². The van der Waals surface area contributed by atoms with Crippen molar-refractivity contribution in [3.63, 3.8) is 0 Å². The number of hydrogen-bond donors (Lipinski definition) is 1. The topological polar surface area (TPSA) is 86.8 Å². The van der Waals surface area contributed by atoms with Gasteiger partial charge in [0.25, 0.3) is 0 Å². The van der Waals surface area contributed by atoms with Crippen LogP contribution in [0.1, 0.15) is 13.8 Å². The van der Waals surface area contributed by atoms with Crippen LogP contribution in [0.15, 0.2) is 0 Å². The molecule has 94 valence electrons. The van der Waals surface area contributed by atoms with Crippen molar-refractivity contribution in [1.82, 2.24) is 15.1 Å². The van der Waals surface area contributed by atoms with E-state index in [-0.39, 0.29) is 6.54 Å². The molecule has 1 atom stereocenters. The fraction of sp³-hybridized carbons (Fsp3) is 0.600. The van der Waals surface area contributed by atoms with Gasteiger partial charge in [-0.1, -0.05) is 0 Å². The number of amides is 4. The summed E-state index contributed by atoms with van der Waals surface area (Å²) in [5, 5.41) is 2.31. The lowest BCUT2D eigenvalue weighted by Gasteiger charge is -2.32. The first kappa shape index (κ1) is 13.1. The highest BCUT2D eigenvalue weighted by Crippen LogP contribution is 2.05. The third kappa shape index (κ3) is 2.80. The Labute approximate surface area is 98.7 Å². The van der Waals surface area contributed by atoms with Crippen molar-refractivity contribution < 1.29 is 19.2 Å². The zero-order chi connectivity index (χ0) is 13.0. The molecular weight excluding hydrogens is 226 g/mol. The highest BCUT2D eigenvalue weighted by Gasteiger charge is 2.35. The zero-order valence-electron chi connectivity index (χ0n) is 9.80. The first-order valence-corrected chi connectivity index (χ1v) is 5.37. The van der Waals surface area contributed by atoms with E-state index in [9.17, 15) is 19.2 Å². The van der Waals surface area contributed by atoms with Crippen molar-refractivity contribution >= 4 is 24.1 Å². The Bertz CT molecular complexity index is 355. The molecule has 1 aliphatic rings. The number of rotatable bonds is 3. The Morgan fingerprint density at radius 3 is 2.59 bits per heavy atom. The SMILES string of the molecule is CCN1CCN(C(=O)N[C@@H](C)C=O)C(=O)C1=O. The number of hydrogen-bond acceptors (Lipinski definition) is 4. The molecule has 0 saturated carbocycles. The first-order chi connectivity index (χ1) is 8.01. The molecule has 1 aliphatic heterocycles. The molecule has 17 heavy (non-hydrogen) atoms. The lowest BCUT2D eigenvalue weighted by atomic mass is 10.3. The van der Waals surface area contributed by atoms with Crippen LogP contribution in [0.4, 0.5) is 4.79 Å². The number of nitrogens with one attached hydrogen (secondary N) is 1. The number of aldehydes is 1. The second-order valence-corrected chi connectivity index (χ2v) is 3.72. The van der Waals surface area contributed by atoms with E-state index in [4.69, 9.17) is 0 Å². The number of carbonyl (C=O) groups excluding carboxylic acids is 4. The van der Waals surface area contributed by atoms with Gasteiger partial charge in [-0.15, -0.1) is 0 Å². The summed E-state index contributed by atoms with van der Waals surface area (Å²) in [4.78, 5) is 47.3. The lowest BCUT2D eigenvalue weighted by Crippen LogP contribution is -2.59. The first-order valence-electron chi connectivity index (χ1n) is 5.37. The average Bonchev–Trinajstić information content (AvgIpc) is 2.32. The molecule has 1 N–H and O–H groups in total. The van der Waals surface area contributed by atoms with Crippen molar-refractivity contribution in [3.05, 3.63) is 0 Å². The van der Waals surface area contributed by atoms with E-state index in [1.807, 2.05) is 0 Å². The second-order valence-electron chi connectivity index (χ2n) is 3.72. The maximum atomic E-state index is 11.6. The molecule has 0 spiro atoms. The van der Waals surface area contributed by atoms with Crippen LogP contribution in [0.5, 0.6) is 0 Å². The lowest BCUT2D eigenvalue weighted by molar-refractivity contribution is -0.153. The predicted molar refractivity (Wildman–Crippen MR) is 58.0 cm³/mol. The molecule has 4 amide bonds. The van der Waals surface area contributed by atoms with Crippen LogP contribution in [0.2, 0.25) is 0 Å². The van der Waals surface area contributed by atoms with Crippen molar-refractivity contribution in [2.45, 2.75) is 19.9 Å². The van der Waals surface area contributed by atoms with Crippen molar-refractivity contribution in [2.24, 2.45) is 0 Å². The van der Waals surface area contributed by atoms with Crippen LogP contribution in [0.3, 0.4) is 0 Å². The van der Waals surface area contributed by atoms with E-state index >= 15 is 0 Å². The Morgan fingerprint density at radius 1 is 1.41 bits per heavy atom. The third-order valence-corrected chi connectivity index (χ3v) is 2.49. The average molecular weight is 241 g/mol. The number of carbonyl (C=O) groups is 4. The smallest absolute Gasteiger partial charge is 0.325 e. The van der Waals surface area contributed by atoms with Crippen LogP contribution in [-0.2, 0) is 14.4 Å². The fourth-order valence-corrected chi connectivity index (χ4v) is 1.48. The Kier molecular flexibility index (Phi) is 4.19. The van der Waals surface area contributed by atoms with E-state index in [0.717, 1.165) is 4.90 Å². The summed E-state index contributed by atoms with van der Waals surface area (Å²) in [6.07, 6.45) is 0.548. The molecule has 0 bridgehead atoms. The highest BCUT2D eigenvalue weighted by atomic mass is 16.2. The van der Waals surface area contributed by atoms with Gasteiger partial charge in [0.2, 0.25) is 0 Å². The number of piperazine rings is 1. The molecule has 0 unspecified atom stereocenters. The Hall–Kier alpha value is -1.92. The molecular formula is C10H15N3O4. The summed E-state index contributed by atoms with van der Waals surface area (Å²) in [5.74, 6) is -1.54. The minimum absolute atomic E-state index is 0.149. The fourth-order valence-electron chi connectivity index (χ4n) is 1.48. The molecule has 1 heterocycles. The molecule has 7 nitrogen and oxygen atoms in total. The summed E-state index contributed by atoms with van der Waals surface area (Å²) >= 11 is 0. The van der Waals surface area contributed by atoms with Gasteiger partial charge in [-0.25, -0.2) is 4.79 Å². The van der Waals surface area contributed by atoms with Gasteiger partial charge in [-0.05, 0) is 13.8 Å². The Balaban J connectivity index is 2.68. The van der Waals surface area contributed by atoms with Crippen LogP contribution in [0.25, 0.3) is 0 Å². The Morgan fingerprint density at radius 2 is 2.06 bits per heavy atom. The molecule has 1 fully saturated rings. The van der Waals surface area contributed by atoms with Gasteiger partial charge in [0.1, 0.15) is 6.29 Å². The van der Waals surface area contributed by atoms with Crippen LogP contribution >= 0.6 is 0 Å². The van der Waals surface area contributed by atoms with E-state index < -0.39 is 23.9 Å². The summed E-state index contributed by atoms with van der Waals surface area (Å²) < 4.78 is 0. The summed E-state index contributed by atoms with van der Waals surface area (Å²) in [6.45, 7) is 4.15. The van der Waals surface area contributed by atoms with Gasteiger partial charge in [0.15, 0.2) is 0 Å². The van der Waals surface area contributed by atoms with E-state index in [0.29, 0.717) is 19.4 Å². The minimum atomic E-state index is -0.853. The number of imide groups is 1. The van der Waals surface area contributed by atoms with E-state index in [1.165, 1.54) is 11.8 Å². The third-order valence-electron chi connectivity index (χ3n) is 2.49. The predicted octanol–water partition coefficient (Wildman–Crippen LogP) is -1.03. The largest absolute Gasteiger partial charge is 0.333 e. The number of likely N-dealkylation sites (N-methyl/N-ethyl adjacent to an activating group) is 1. The van der Waals surface area contributed by atoms with Crippen LogP contribution < -0.4 is 5.32 Å². The molecule has 0 radical (unpaired) electrons. The molecule has 7 heteroatoms. The van der Waals surface area contributed by atoms with E-state index in [1.54, 1.807) is 6.92 Å². The number of nitrogens with zero attached hydrogens (tertiary/aromatic N) is 2. The number of urea groups is 1. The highest BCUT2D eigenvalue weighted by molar-refractivity contribution is 6.38. The normalized spacial score (nSPS) is 18.0. The van der Waals surface area contributed by atoms with Crippen molar-refractivity contribution in [2.75, 3.05) is 19.6 Å². The molecule has 0 aromatic carbocycles. The molecule has 0 aromatic heterocycles. The van der Waals surface area contributed by atoms with Gasteiger partial charge in [0.05, 0.1) is 6.04 Å². The van der Waals surface area contributed by atoms with Gasteiger partial charge in [-0.3, -0.25) is 14.5 Å². The summed E-state index contributed by atoms with van der Waals surface area (Å²) in [6, 6.07) is -1.40. The molecule has 1 saturated heterocycles. The second kappa shape index (κ2) is 5.42.